The van der Waals surface area contributed by atoms with Crippen LogP contribution in [0.2, 0.25) is 5.15 Å². The molecule has 23 heavy (non-hydrogen) atoms. The predicted octanol–water partition coefficient (Wildman–Crippen LogP) is 4.96. The molecule has 1 aliphatic carbocycles. The first-order valence-electron chi connectivity index (χ1n) is 8.18. The fourth-order valence-electron chi connectivity index (χ4n) is 2.56. The second kappa shape index (κ2) is 7.08. The molecule has 0 aliphatic heterocycles. The van der Waals surface area contributed by atoms with Gasteiger partial charge in [-0.25, -0.2) is 9.78 Å². The fourth-order valence-corrected chi connectivity index (χ4v) is 2.76. The minimum atomic E-state index is -0.499. The number of hydrogen-bond donors (Lipinski definition) is 0. The van der Waals surface area contributed by atoms with Crippen molar-refractivity contribution in [1.29, 1.82) is 0 Å². The molecule has 1 amide bonds. The lowest BCUT2D eigenvalue weighted by atomic mass is 10.0. The molecule has 1 saturated carbocycles. The summed E-state index contributed by atoms with van der Waals surface area (Å²) in [6, 6.07) is 2.20. The van der Waals surface area contributed by atoms with E-state index in [1.54, 1.807) is 6.20 Å². The molecule has 0 saturated heterocycles. The molecular formula is C18H26ClN2O2. The topological polar surface area (TPSA) is 42.4 Å². The first-order valence-corrected chi connectivity index (χ1v) is 8.55. The SMILES string of the molecule is [CH2]CCc1cc(C(C)N(C(=O)OC(C)(C)C)C2CC2)cnc1Cl. The standard InChI is InChI=1S/C18H26ClN2O2/c1-6-7-13-10-14(11-20-16(13)19)12(2)21(15-8-9-15)17(22)23-18(3,4)5/h10-12,15H,1,6-9H2,2-5H3. The quantitative estimate of drug-likeness (QED) is 0.713. The molecule has 127 valence electrons. The van der Waals surface area contributed by atoms with E-state index in [1.807, 2.05) is 38.7 Å². The number of aryl methyl sites for hydroxylation is 1. The Bertz CT molecular complexity index is 565. The molecule has 0 N–H and O–H groups in total. The smallest absolute Gasteiger partial charge is 0.411 e. The molecule has 0 spiro atoms. The Morgan fingerprint density at radius 1 is 1.52 bits per heavy atom. The summed E-state index contributed by atoms with van der Waals surface area (Å²) in [5.74, 6) is 0. The van der Waals surface area contributed by atoms with Gasteiger partial charge in [-0.3, -0.25) is 4.90 Å². The summed E-state index contributed by atoms with van der Waals surface area (Å²) >= 11 is 6.14. The van der Waals surface area contributed by atoms with Gasteiger partial charge in [0.1, 0.15) is 10.8 Å². The highest BCUT2D eigenvalue weighted by molar-refractivity contribution is 6.30. The lowest BCUT2D eigenvalue weighted by Gasteiger charge is -2.32. The van der Waals surface area contributed by atoms with Crippen LogP contribution in [0.4, 0.5) is 4.79 Å². The van der Waals surface area contributed by atoms with Crippen molar-refractivity contribution in [2.24, 2.45) is 0 Å². The van der Waals surface area contributed by atoms with Gasteiger partial charge < -0.3 is 4.74 Å². The van der Waals surface area contributed by atoms with E-state index in [2.05, 4.69) is 11.9 Å². The first-order chi connectivity index (χ1) is 10.7. The Balaban J connectivity index is 2.22. The minimum Gasteiger partial charge on any atom is -0.444 e. The van der Waals surface area contributed by atoms with Crippen LogP contribution in [0.1, 0.15) is 64.1 Å². The number of hydrogen-bond acceptors (Lipinski definition) is 3. The summed E-state index contributed by atoms with van der Waals surface area (Å²) in [6.07, 6.45) is 5.08. The molecule has 1 fully saturated rings. The van der Waals surface area contributed by atoms with Crippen LogP contribution >= 0.6 is 11.6 Å². The van der Waals surface area contributed by atoms with E-state index in [4.69, 9.17) is 16.3 Å². The molecule has 1 aromatic heterocycles. The van der Waals surface area contributed by atoms with Crippen LogP contribution in [0.25, 0.3) is 0 Å². The van der Waals surface area contributed by atoms with Crippen molar-refractivity contribution in [3.05, 3.63) is 35.5 Å². The first kappa shape index (κ1) is 18.1. The van der Waals surface area contributed by atoms with E-state index in [0.717, 1.165) is 36.8 Å². The van der Waals surface area contributed by atoms with Crippen molar-refractivity contribution in [3.8, 4) is 0 Å². The largest absolute Gasteiger partial charge is 0.444 e. The maximum absolute atomic E-state index is 12.6. The Morgan fingerprint density at radius 3 is 2.70 bits per heavy atom. The van der Waals surface area contributed by atoms with Gasteiger partial charge >= 0.3 is 6.09 Å². The average molecular weight is 338 g/mol. The van der Waals surface area contributed by atoms with Crippen LogP contribution in [-0.4, -0.2) is 27.6 Å². The monoisotopic (exact) mass is 337 g/mol. The number of carbonyl (C=O) groups is 1. The number of pyridine rings is 1. The maximum Gasteiger partial charge on any atom is 0.411 e. The third kappa shape index (κ3) is 4.84. The van der Waals surface area contributed by atoms with Gasteiger partial charge in [-0.2, -0.15) is 0 Å². The number of carbonyl (C=O) groups excluding carboxylic acids is 1. The Labute approximate surface area is 144 Å². The molecule has 1 atom stereocenters. The van der Waals surface area contributed by atoms with Crippen LogP contribution in [0.15, 0.2) is 12.3 Å². The van der Waals surface area contributed by atoms with Crippen molar-refractivity contribution >= 4 is 17.7 Å². The number of aromatic nitrogens is 1. The van der Waals surface area contributed by atoms with Crippen molar-refractivity contribution in [3.63, 3.8) is 0 Å². The van der Waals surface area contributed by atoms with E-state index in [-0.39, 0.29) is 18.2 Å². The van der Waals surface area contributed by atoms with Crippen LogP contribution in [0.5, 0.6) is 0 Å². The van der Waals surface area contributed by atoms with Crippen LogP contribution in [0.3, 0.4) is 0 Å². The summed E-state index contributed by atoms with van der Waals surface area (Å²) in [5, 5.41) is 0.514. The normalized spacial score (nSPS) is 16.1. The highest BCUT2D eigenvalue weighted by Crippen LogP contribution is 2.36. The van der Waals surface area contributed by atoms with Gasteiger partial charge in [0.25, 0.3) is 0 Å². The predicted molar refractivity (Wildman–Crippen MR) is 92.4 cm³/mol. The lowest BCUT2D eigenvalue weighted by molar-refractivity contribution is 0.0153. The Hall–Kier alpha value is -1.29. The molecule has 1 aliphatic rings. The Kier molecular flexibility index (Phi) is 5.56. The van der Waals surface area contributed by atoms with Crippen molar-refractivity contribution in [2.45, 2.75) is 71.1 Å². The van der Waals surface area contributed by atoms with Gasteiger partial charge in [-0.05, 0) is 70.6 Å². The second-order valence-electron chi connectivity index (χ2n) is 7.12. The summed E-state index contributed by atoms with van der Waals surface area (Å²) in [5.41, 5.74) is 1.46. The number of ether oxygens (including phenoxy) is 1. The molecule has 1 unspecified atom stereocenters. The van der Waals surface area contributed by atoms with E-state index in [9.17, 15) is 4.79 Å². The lowest BCUT2D eigenvalue weighted by Crippen LogP contribution is -2.39. The number of nitrogens with zero attached hydrogens (tertiary/aromatic N) is 2. The van der Waals surface area contributed by atoms with Gasteiger partial charge in [0.2, 0.25) is 0 Å². The van der Waals surface area contributed by atoms with Gasteiger partial charge in [-0.1, -0.05) is 18.5 Å². The zero-order valence-corrected chi connectivity index (χ0v) is 15.2. The number of halogens is 1. The number of amides is 1. The summed E-state index contributed by atoms with van der Waals surface area (Å²) in [6.45, 7) is 11.5. The third-order valence-corrected chi connectivity index (χ3v) is 4.16. The molecule has 5 heteroatoms. The molecular weight excluding hydrogens is 312 g/mol. The van der Waals surface area contributed by atoms with Crippen molar-refractivity contribution in [2.75, 3.05) is 0 Å². The van der Waals surface area contributed by atoms with Crippen molar-refractivity contribution in [1.82, 2.24) is 9.88 Å². The molecule has 1 radical (unpaired) electrons. The zero-order chi connectivity index (χ0) is 17.2. The van der Waals surface area contributed by atoms with Gasteiger partial charge in [0.05, 0.1) is 6.04 Å². The van der Waals surface area contributed by atoms with E-state index < -0.39 is 5.60 Å². The zero-order valence-electron chi connectivity index (χ0n) is 14.4. The number of rotatable bonds is 5. The summed E-state index contributed by atoms with van der Waals surface area (Å²) < 4.78 is 5.58. The highest BCUT2D eigenvalue weighted by atomic mass is 35.5. The van der Waals surface area contributed by atoms with E-state index in [1.165, 1.54) is 0 Å². The highest BCUT2D eigenvalue weighted by Gasteiger charge is 2.38. The average Bonchev–Trinajstić information content (AvgIpc) is 3.24. The van der Waals surface area contributed by atoms with Gasteiger partial charge in [0, 0.05) is 12.2 Å². The third-order valence-electron chi connectivity index (χ3n) is 3.82. The van der Waals surface area contributed by atoms with Crippen molar-refractivity contribution < 1.29 is 9.53 Å². The molecule has 0 bridgehead atoms. The molecule has 4 nitrogen and oxygen atoms in total. The Morgan fingerprint density at radius 2 is 2.17 bits per heavy atom. The van der Waals surface area contributed by atoms with Gasteiger partial charge in [-0.15, -0.1) is 0 Å². The summed E-state index contributed by atoms with van der Waals surface area (Å²) in [4.78, 5) is 18.7. The van der Waals surface area contributed by atoms with E-state index in [0.29, 0.717) is 5.15 Å². The maximum atomic E-state index is 12.6. The fraction of sp³-hybridized carbons (Fsp3) is 0.611. The van der Waals surface area contributed by atoms with E-state index >= 15 is 0 Å². The van der Waals surface area contributed by atoms with Gasteiger partial charge in [0.15, 0.2) is 0 Å². The van der Waals surface area contributed by atoms with Crippen LogP contribution in [-0.2, 0) is 11.2 Å². The molecule has 1 heterocycles. The second-order valence-corrected chi connectivity index (χ2v) is 7.47. The van der Waals surface area contributed by atoms with Crippen LogP contribution in [0, 0.1) is 6.92 Å². The molecule has 2 rings (SSSR count). The molecule has 0 aromatic carbocycles. The van der Waals surface area contributed by atoms with Crippen LogP contribution < -0.4 is 0 Å². The summed E-state index contributed by atoms with van der Waals surface area (Å²) in [7, 11) is 0. The molecule has 1 aromatic rings. The minimum absolute atomic E-state index is 0.0920.